The second-order valence-electron chi connectivity index (χ2n) is 6.57. The third-order valence-corrected chi connectivity index (χ3v) is 4.35. The Morgan fingerprint density at radius 2 is 2.27 bits per heavy atom. The molecule has 0 unspecified atom stereocenters. The third kappa shape index (κ3) is 5.99. The summed E-state index contributed by atoms with van der Waals surface area (Å²) in [4.78, 5) is 29.9. The highest BCUT2D eigenvalue weighted by Gasteiger charge is 2.29. The van der Waals surface area contributed by atoms with Crippen LogP contribution in [0.2, 0.25) is 5.28 Å². The molecule has 0 saturated carbocycles. The van der Waals surface area contributed by atoms with E-state index >= 15 is 0 Å². The van der Waals surface area contributed by atoms with E-state index in [0.29, 0.717) is 31.3 Å². The van der Waals surface area contributed by atoms with Crippen molar-refractivity contribution in [3.05, 3.63) is 11.3 Å². The van der Waals surface area contributed by atoms with Gasteiger partial charge in [0.05, 0.1) is 11.6 Å². The van der Waals surface area contributed by atoms with Gasteiger partial charge in [-0.05, 0) is 37.8 Å². The van der Waals surface area contributed by atoms with Gasteiger partial charge in [-0.2, -0.15) is 4.98 Å². The highest BCUT2D eigenvalue weighted by molar-refractivity contribution is 6.28. The number of nitrogens with one attached hydrogen (secondary N) is 1. The molecule has 2 atom stereocenters. The summed E-state index contributed by atoms with van der Waals surface area (Å²) in [5, 5.41) is 20.1. The van der Waals surface area contributed by atoms with Crippen LogP contribution in [0.5, 0.6) is 5.88 Å². The Kier molecular flexibility index (Phi) is 6.98. The number of halogens is 1. The van der Waals surface area contributed by atoms with Crippen LogP contribution in [-0.4, -0.2) is 63.9 Å². The molecule has 0 aromatic carbocycles. The van der Waals surface area contributed by atoms with Crippen molar-refractivity contribution >= 4 is 29.8 Å². The van der Waals surface area contributed by atoms with Crippen LogP contribution < -0.4 is 15.0 Å². The zero-order valence-corrected chi connectivity index (χ0v) is 15.3. The van der Waals surface area contributed by atoms with Gasteiger partial charge in [-0.3, -0.25) is 9.59 Å². The van der Waals surface area contributed by atoms with E-state index in [1.54, 1.807) is 6.07 Å². The summed E-state index contributed by atoms with van der Waals surface area (Å²) in [6.45, 7) is 3.23. The van der Waals surface area contributed by atoms with Crippen molar-refractivity contribution in [1.29, 1.82) is 0 Å². The number of anilines is 1. The number of amides is 1. The lowest BCUT2D eigenvalue weighted by Crippen LogP contribution is -2.46. The smallest absolute Gasteiger partial charge is 0.290 e. The molecular weight excluding hydrogens is 364 g/mol. The number of nitrogens with zero attached hydrogens (tertiary/aromatic N) is 3. The lowest BCUT2D eigenvalue weighted by atomic mass is 9.95. The molecule has 1 aromatic rings. The number of hydrogen-bond acceptors (Lipinski definition) is 7. The van der Waals surface area contributed by atoms with Gasteiger partial charge < -0.3 is 25.2 Å². The molecule has 2 aliphatic rings. The van der Waals surface area contributed by atoms with E-state index in [4.69, 9.17) is 26.2 Å². The van der Waals surface area contributed by atoms with Gasteiger partial charge in [0.2, 0.25) is 17.1 Å². The van der Waals surface area contributed by atoms with Crippen molar-refractivity contribution < 1.29 is 24.5 Å². The molecule has 2 aliphatic heterocycles. The number of carbonyl (C=O) groups excluding carboxylic acids is 1. The van der Waals surface area contributed by atoms with Crippen molar-refractivity contribution in [1.82, 2.24) is 15.3 Å². The average molecular weight is 387 g/mol. The molecule has 2 fully saturated rings. The standard InChI is InChI=1S/C15H21ClN4O3.CH2O2/c1-15(22)5-2-6-20(9-15)11-7-13(19-14(16)18-11)23-8-10-3-4-12(21)17-10;2-1-3/h7,10,22H,2-6,8-9H2,1H3,(H,17,21);1H,(H,2,3)/t10-,15+;/m0./s1. The molecule has 0 aliphatic carbocycles. The van der Waals surface area contributed by atoms with Crippen LogP contribution in [0.25, 0.3) is 0 Å². The first kappa shape index (κ1) is 20.2. The Balaban J connectivity index is 0.000000758. The van der Waals surface area contributed by atoms with Gasteiger partial charge in [-0.1, -0.05) is 0 Å². The third-order valence-electron chi connectivity index (χ3n) is 4.18. The molecule has 9 nitrogen and oxygen atoms in total. The molecule has 3 heterocycles. The number of piperidine rings is 1. The van der Waals surface area contributed by atoms with Crippen molar-refractivity contribution in [2.75, 3.05) is 24.6 Å². The molecule has 2 saturated heterocycles. The topological polar surface area (TPSA) is 125 Å². The molecular formula is C16H23ClN4O5. The molecule has 26 heavy (non-hydrogen) atoms. The minimum absolute atomic E-state index is 0.00964. The predicted molar refractivity (Wildman–Crippen MR) is 94.5 cm³/mol. The number of carboxylic acid groups (broad SMARTS) is 1. The van der Waals surface area contributed by atoms with Crippen LogP contribution >= 0.6 is 11.6 Å². The average Bonchev–Trinajstić information content (AvgIpc) is 2.98. The summed E-state index contributed by atoms with van der Waals surface area (Å²) in [6, 6.07) is 1.74. The minimum atomic E-state index is -0.731. The molecule has 0 radical (unpaired) electrons. The second kappa shape index (κ2) is 9.00. The van der Waals surface area contributed by atoms with E-state index in [2.05, 4.69) is 15.3 Å². The second-order valence-corrected chi connectivity index (χ2v) is 6.91. The maximum absolute atomic E-state index is 11.2. The van der Waals surface area contributed by atoms with E-state index in [-0.39, 0.29) is 23.7 Å². The summed E-state index contributed by atoms with van der Waals surface area (Å²) in [5.41, 5.74) is -0.731. The zero-order valence-electron chi connectivity index (χ0n) is 14.5. The Morgan fingerprint density at radius 1 is 1.54 bits per heavy atom. The van der Waals surface area contributed by atoms with Crippen LogP contribution in [-0.2, 0) is 9.59 Å². The van der Waals surface area contributed by atoms with Gasteiger partial charge in [-0.25, -0.2) is 4.98 Å². The number of aliphatic hydroxyl groups is 1. The monoisotopic (exact) mass is 386 g/mol. The summed E-state index contributed by atoms with van der Waals surface area (Å²) in [6.07, 6.45) is 2.96. The Bertz CT molecular complexity index is 643. The Morgan fingerprint density at radius 3 is 2.88 bits per heavy atom. The minimum Gasteiger partial charge on any atom is -0.483 e. The van der Waals surface area contributed by atoms with E-state index < -0.39 is 5.60 Å². The van der Waals surface area contributed by atoms with Crippen molar-refractivity contribution in [3.8, 4) is 5.88 Å². The molecule has 144 valence electrons. The van der Waals surface area contributed by atoms with Gasteiger partial charge in [0.1, 0.15) is 12.4 Å². The summed E-state index contributed by atoms with van der Waals surface area (Å²) in [5.74, 6) is 1.08. The van der Waals surface area contributed by atoms with E-state index in [9.17, 15) is 9.90 Å². The lowest BCUT2D eigenvalue weighted by molar-refractivity contribution is -0.123. The predicted octanol–water partition coefficient (Wildman–Crippen LogP) is 0.839. The van der Waals surface area contributed by atoms with Crippen LogP contribution in [0.1, 0.15) is 32.6 Å². The zero-order chi connectivity index (χ0) is 19.2. The fraction of sp³-hybridized carbons (Fsp3) is 0.625. The van der Waals surface area contributed by atoms with Gasteiger partial charge in [0, 0.05) is 25.6 Å². The number of hydrogen-bond donors (Lipinski definition) is 3. The van der Waals surface area contributed by atoms with E-state index in [0.717, 1.165) is 25.8 Å². The first-order valence-corrected chi connectivity index (χ1v) is 8.73. The molecule has 0 spiro atoms. The molecule has 3 N–H and O–H groups in total. The highest BCUT2D eigenvalue weighted by atomic mass is 35.5. The van der Waals surface area contributed by atoms with Gasteiger partial charge in [-0.15, -0.1) is 0 Å². The van der Waals surface area contributed by atoms with E-state index in [1.807, 2.05) is 11.8 Å². The van der Waals surface area contributed by atoms with E-state index in [1.165, 1.54) is 0 Å². The Hall–Kier alpha value is -2.13. The lowest BCUT2D eigenvalue weighted by Gasteiger charge is -2.37. The summed E-state index contributed by atoms with van der Waals surface area (Å²) in [7, 11) is 0. The molecule has 10 heteroatoms. The summed E-state index contributed by atoms with van der Waals surface area (Å²) < 4.78 is 5.66. The first-order valence-electron chi connectivity index (χ1n) is 8.35. The van der Waals surface area contributed by atoms with Crippen molar-refractivity contribution in [2.24, 2.45) is 0 Å². The van der Waals surface area contributed by atoms with Crippen LogP contribution in [0.3, 0.4) is 0 Å². The van der Waals surface area contributed by atoms with Crippen molar-refractivity contribution in [2.45, 2.75) is 44.2 Å². The highest BCUT2D eigenvalue weighted by Crippen LogP contribution is 2.27. The number of aromatic nitrogens is 2. The quantitative estimate of drug-likeness (QED) is 0.513. The SMILES string of the molecule is C[C@@]1(O)CCCN(c2cc(OC[C@@H]3CCC(=O)N3)nc(Cl)n2)C1.O=CO. The van der Waals surface area contributed by atoms with Gasteiger partial charge >= 0.3 is 0 Å². The maximum Gasteiger partial charge on any atom is 0.290 e. The maximum atomic E-state index is 11.2. The van der Waals surface area contributed by atoms with Gasteiger partial charge in [0.25, 0.3) is 6.47 Å². The van der Waals surface area contributed by atoms with Gasteiger partial charge in [0.15, 0.2) is 0 Å². The number of β-amino-alcohol motifs (C(OH)–C–C–N with tert-alkyl or cyclic N) is 1. The van der Waals surface area contributed by atoms with Crippen LogP contribution in [0.4, 0.5) is 5.82 Å². The molecule has 3 rings (SSSR count). The normalized spacial score (nSPS) is 25.1. The van der Waals surface area contributed by atoms with Crippen LogP contribution in [0.15, 0.2) is 6.07 Å². The number of carbonyl (C=O) groups is 2. The largest absolute Gasteiger partial charge is 0.483 e. The molecule has 1 aromatic heterocycles. The fourth-order valence-corrected chi connectivity index (χ4v) is 3.20. The number of rotatable bonds is 4. The number of ether oxygens (including phenoxy) is 1. The first-order chi connectivity index (χ1) is 12.3. The summed E-state index contributed by atoms with van der Waals surface area (Å²) >= 11 is 6.00. The molecule has 0 bridgehead atoms. The molecule has 1 amide bonds. The van der Waals surface area contributed by atoms with Crippen molar-refractivity contribution in [3.63, 3.8) is 0 Å². The van der Waals surface area contributed by atoms with Crippen LogP contribution in [0, 0.1) is 0 Å². The Labute approximate surface area is 156 Å². The fourth-order valence-electron chi connectivity index (χ4n) is 3.03.